The predicted octanol–water partition coefficient (Wildman–Crippen LogP) is 3.16. The minimum absolute atomic E-state index is 0.176. The Kier molecular flexibility index (Phi) is 3.43. The standard InChI is InChI=1S/C15H24N2/c1-15(2,3)13-8-12(9-14(16)10-13)11-17-6-4-5-7-17/h8-10H,4-7,11,16H2,1-3H3. The first-order valence-corrected chi connectivity index (χ1v) is 6.57. The monoisotopic (exact) mass is 232 g/mol. The first-order chi connectivity index (χ1) is 7.95. The van der Waals surface area contributed by atoms with Gasteiger partial charge in [0, 0.05) is 12.2 Å². The van der Waals surface area contributed by atoms with Crippen LogP contribution in [0.2, 0.25) is 0 Å². The maximum atomic E-state index is 6.01. The van der Waals surface area contributed by atoms with Crippen molar-refractivity contribution in [3.8, 4) is 0 Å². The number of benzene rings is 1. The van der Waals surface area contributed by atoms with Crippen molar-refractivity contribution in [1.82, 2.24) is 4.90 Å². The van der Waals surface area contributed by atoms with Gasteiger partial charge in [0.25, 0.3) is 0 Å². The maximum absolute atomic E-state index is 6.01. The number of nitrogen functional groups attached to an aromatic ring is 1. The van der Waals surface area contributed by atoms with Gasteiger partial charge in [-0.1, -0.05) is 26.8 Å². The molecule has 1 aromatic carbocycles. The second-order valence-electron chi connectivity index (χ2n) is 6.20. The molecule has 1 aliphatic rings. The van der Waals surface area contributed by atoms with Crippen LogP contribution in [0.5, 0.6) is 0 Å². The number of hydrogen-bond donors (Lipinski definition) is 1. The summed E-state index contributed by atoms with van der Waals surface area (Å²) < 4.78 is 0. The number of anilines is 1. The fourth-order valence-corrected chi connectivity index (χ4v) is 2.44. The summed E-state index contributed by atoms with van der Waals surface area (Å²) in [5.41, 5.74) is 9.78. The van der Waals surface area contributed by atoms with Gasteiger partial charge >= 0.3 is 0 Å². The van der Waals surface area contributed by atoms with Crippen molar-refractivity contribution in [2.75, 3.05) is 18.8 Å². The molecule has 0 atom stereocenters. The molecule has 0 spiro atoms. The number of nitrogens with zero attached hydrogens (tertiary/aromatic N) is 1. The van der Waals surface area contributed by atoms with Crippen LogP contribution in [-0.4, -0.2) is 18.0 Å². The average molecular weight is 232 g/mol. The molecule has 0 unspecified atom stereocenters. The summed E-state index contributed by atoms with van der Waals surface area (Å²) in [6, 6.07) is 6.54. The van der Waals surface area contributed by atoms with Crippen molar-refractivity contribution in [3.63, 3.8) is 0 Å². The van der Waals surface area contributed by atoms with Crippen LogP contribution < -0.4 is 5.73 Å². The van der Waals surface area contributed by atoms with E-state index >= 15 is 0 Å². The summed E-state index contributed by atoms with van der Waals surface area (Å²) in [5, 5.41) is 0. The normalized spacial score (nSPS) is 17.6. The van der Waals surface area contributed by atoms with Crippen LogP contribution in [0.4, 0.5) is 5.69 Å². The molecule has 94 valence electrons. The van der Waals surface area contributed by atoms with E-state index in [1.54, 1.807) is 0 Å². The summed E-state index contributed by atoms with van der Waals surface area (Å²) in [6.07, 6.45) is 2.68. The van der Waals surface area contributed by atoms with Gasteiger partial charge in [0.15, 0.2) is 0 Å². The fourth-order valence-electron chi connectivity index (χ4n) is 2.44. The van der Waals surface area contributed by atoms with Crippen LogP contribution >= 0.6 is 0 Å². The SMILES string of the molecule is CC(C)(C)c1cc(N)cc(CN2CCCC2)c1. The van der Waals surface area contributed by atoms with Crippen molar-refractivity contribution in [3.05, 3.63) is 29.3 Å². The fraction of sp³-hybridized carbons (Fsp3) is 0.600. The van der Waals surface area contributed by atoms with Gasteiger partial charge < -0.3 is 5.73 Å². The number of hydrogen-bond acceptors (Lipinski definition) is 2. The molecule has 1 fully saturated rings. The van der Waals surface area contributed by atoms with Gasteiger partial charge in [0.1, 0.15) is 0 Å². The smallest absolute Gasteiger partial charge is 0.0320 e. The van der Waals surface area contributed by atoms with Crippen LogP contribution in [0.25, 0.3) is 0 Å². The lowest BCUT2D eigenvalue weighted by Gasteiger charge is -2.22. The van der Waals surface area contributed by atoms with Crippen molar-refractivity contribution in [2.24, 2.45) is 0 Å². The molecular weight excluding hydrogens is 208 g/mol. The molecule has 1 aliphatic heterocycles. The van der Waals surface area contributed by atoms with Gasteiger partial charge in [-0.3, -0.25) is 4.90 Å². The average Bonchev–Trinajstić information content (AvgIpc) is 2.68. The Hall–Kier alpha value is -1.02. The van der Waals surface area contributed by atoms with E-state index in [9.17, 15) is 0 Å². The summed E-state index contributed by atoms with van der Waals surface area (Å²) >= 11 is 0. The Morgan fingerprint density at radius 2 is 1.76 bits per heavy atom. The molecular formula is C15H24N2. The predicted molar refractivity (Wildman–Crippen MR) is 74.1 cm³/mol. The Labute approximate surface area is 105 Å². The second kappa shape index (κ2) is 4.69. The minimum atomic E-state index is 0.176. The lowest BCUT2D eigenvalue weighted by Crippen LogP contribution is -2.19. The maximum Gasteiger partial charge on any atom is 0.0320 e. The summed E-state index contributed by atoms with van der Waals surface area (Å²) in [5.74, 6) is 0. The van der Waals surface area contributed by atoms with Crippen molar-refractivity contribution in [2.45, 2.75) is 45.6 Å². The Bertz CT molecular complexity index is 384. The van der Waals surface area contributed by atoms with E-state index in [4.69, 9.17) is 5.73 Å². The van der Waals surface area contributed by atoms with E-state index in [0.29, 0.717) is 0 Å². The van der Waals surface area contributed by atoms with Crippen LogP contribution in [0.1, 0.15) is 44.7 Å². The lowest BCUT2D eigenvalue weighted by atomic mass is 9.86. The topological polar surface area (TPSA) is 29.3 Å². The zero-order chi connectivity index (χ0) is 12.5. The first-order valence-electron chi connectivity index (χ1n) is 6.57. The molecule has 2 N–H and O–H groups in total. The zero-order valence-corrected chi connectivity index (χ0v) is 11.3. The highest BCUT2D eigenvalue weighted by Gasteiger charge is 2.17. The molecule has 2 nitrogen and oxygen atoms in total. The van der Waals surface area contributed by atoms with Crippen molar-refractivity contribution < 1.29 is 0 Å². The highest BCUT2D eigenvalue weighted by atomic mass is 15.1. The molecule has 0 bridgehead atoms. The van der Waals surface area contributed by atoms with Crippen LogP contribution in [0.15, 0.2) is 18.2 Å². The van der Waals surface area contributed by atoms with Crippen molar-refractivity contribution in [1.29, 1.82) is 0 Å². The van der Waals surface area contributed by atoms with Gasteiger partial charge in [-0.05, 0) is 54.6 Å². The number of nitrogens with two attached hydrogens (primary N) is 1. The Balaban J connectivity index is 2.19. The largest absolute Gasteiger partial charge is 0.399 e. The van der Waals surface area contributed by atoms with Crippen LogP contribution in [-0.2, 0) is 12.0 Å². The first kappa shape index (κ1) is 12.4. The molecule has 1 heterocycles. The summed E-state index contributed by atoms with van der Waals surface area (Å²) in [6.45, 7) is 10.2. The van der Waals surface area contributed by atoms with E-state index in [1.165, 1.54) is 37.1 Å². The van der Waals surface area contributed by atoms with Gasteiger partial charge in [-0.25, -0.2) is 0 Å². The van der Waals surface area contributed by atoms with E-state index < -0.39 is 0 Å². The molecule has 0 aromatic heterocycles. The molecule has 1 saturated heterocycles. The van der Waals surface area contributed by atoms with Crippen LogP contribution in [0, 0.1) is 0 Å². The third kappa shape index (κ3) is 3.22. The molecule has 0 radical (unpaired) electrons. The molecule has 0 saturated carbocycles. The quantitative estimate of drug-likeness (QED) is 0.794. The van der Waals surface area contributed by atoms with Gasteiger partial charge in [-0.15, -0.1) is 0 Å². The van der Waals surface area contributed by atoms with Crippen LogP contribution in [0.3, 0.4) is 0 Å². The minimum Gasteiger partial charge on any atom is -0.399 e. The molecule has 17 heavy (non-hydrogen) atoms. The molecule has 2 rings (SSSR count). The van der Waals surface area contributed by atoms with E-state index in [-0.39, 0.29) is 5.41 Å². The van der Waals surface area contributed by atoms with E-state index in [1.807, 2.05) is 0 Å². The van der Waals surface area contributed by atoms with Gasteiger partial charge in [-0.2, -0.15) is 0 Å². The zero-order valence-electron chi connectivity index (χ0n) is 11.3. The summed E-state index contributed by atoms with van der Waals surface area (Å²) in [7, 11) is 0. The highest BCUT2D eigenvalue weighted by molar-refractivity contribution is 5.46. The summed E-state index contributed by atoms with van der Waals surface area (Å²) in [4.78, 5) is 2.52. The number of likely N-dealkylation sites (tertiary alicyclic amines) is 1. The highest BCUT2D eigenvalue weighted by Crippen LogP contribution is 2.26. The number of rotatable bonds is 2. The third-order valence-electron chi connectivity index (χ3n) is 3.49. The Morgan fingerprint density at radius 1 is 1.12 bits per heavy atom. The van der Waals surface area contributed by atoms with E-state index in [0.717, 1.165) is 12.2 Å². The van der Waals surface area contributed by atoms with Crippen molar-refractivity contribution >= 4 is 5.69 Å². The van der Waals surface area contributed by atoms with E-state index in [2.05, 4.69) is 43.9 Å². The van der Waals surface area contributed by atoms with Gasteiger partial charge in [0.2, 0.25) is 0 Å². The Morgan fingerprint density at radius 3 is 2.35 bits per heavy atom. The molecule has 0 amide bonds. The second-order valence-corrected chi connectivity index (χ2v) is 6.20. The third-order valence-corrected chi connectivity index (χ3v) is 3.49. The molecule has 1 aromatic rings. The lowest BCUT2D eigenvalue weighted by molar-refractivity contribution is 0.331. The molecule has 0 aliphatic carbocycles. The molecule has 2 heteroatoms. The van der Waals surface area contributed by atoms with Gasteiger partial charge in [0.05, 0.1) is 0 Å².